The Bertz CT molecular complexity index is 1700. The van der Waals surface area contributed by atoms with Crippen LogP contribution in [0.3, 0.4) is 0 Å². The van der Waals surface area contributed by atoms with E-state index in [1.807, 2.05) is 0 Å². The Balaban J connectivity index is 1.53. The maximum Gasteiger partial charge on any atom is 0.0502 e. The van der Waals surface area contributed by atoms with Crippen LogP contribution in [0.25, 0.3) is 43.6 Å². The van der Waals surface area contributed by atoms with Gasteiger partial charge in [0.05, 0.1) is 11.0 Å². The van der Waals surface area contributed by atoms with Crippen molar-refractivity contribution in [2.75, 3.05) is 0 Å². The topological polar surface area (TPSA) is 9.86 Å². The summed E-state index contributed by atoms with van der Waals surface area (Å²) in [5, 5.41) is 5.65. The zero-order valence-corrected chi connectivity index (χ0v) is 38.0. The number of rotatable bonds is 28. The van der Waals surface area contributed by atoms with E-state index >= 15 is 0 Å². The third kappa shape index (κ3) is 12.1. The SMILES string of the molecule is CCCCCCCC[C@H](CCCCCC)Cn1c2cc(Br)ccc2c2cc3c(cc21)c1ccc(Br)cc1n3C[C@@H](CCCCCC)CCCCCCCC. The fourth-order valence-corrected chi connectivity index (χ4v) is 10.0. The number of halogens is 2. The molecule has 5 rings (SSSR count). The van der Waals surface area contributed by atoms with Gasteiger partial charge in [-0.2, -0.15) is 0 Å². The van der Waals surface area contributed by atoms with Crippen LogP contribution in [0.2, 0.25) is 0 Å². The van der Waals surface area contributed by atoms with Crippen LogP contribution in [0.15, 0.2) is 57.5 Å². The first-order valence-electron chi connectivity index (χ1n) is 22.8. The highest BCUT2D eigenvalue weighted by molar-refractivity contribution is 9.10. The number of benzene rings is 3. The minimum absolute atomic E-state index is 0.717. The van der Waals surface area contributed by atoms with E-state index in [1.165, 1.54) is 207 Å². The maximum absolute atomic E-state index is 3.88. The van der Waals surface area contributed by atoms with Crippen molar-refractivity contribution < 1.29 is 0 Å². The summed E-state index contributed by atoms with van der Waals surface area (Å²) >= 11 is 7.76. The summed E-state index contributed by atoms with van der Waals surface area (Å²) in [6.07, 6.45) is 32.7. The molecule has 54 heavy (non-hydrogen) atoms. The Morgan fingerprint density at radius 2 is 0.667 bits per heavy atom. The van der Waals surface area contributed by atoms with Gasteiger partial charge in [0.25, 0.3) is 0 Å². The van der Waals surface area contributed by atoms with Crippen LogP contribution in [0, 0.1) is 11.8 Å². The molecule has 0 saturated heterocycles. The van der Waals surface area contributed by atoms with Crippen LogP contribution in [0.5, 0.6) is 0 Å². The first-order chi connectivity index (χ1) is 26.5. The van der Waals surface area contributed by atoms with Gasteiger partial charge in [-0.3, -0.25) is 0 Å². The Kier molecular flexibility index (Phi) is 18.8. The molecule has 2 aromatic heterocycles. The third-order valence-electron chi connectivity index (χ3n) is 12.5. The highest BCUT2D eigenvalue weighted by atomic mass is 79.9. The van der Waals surface area contributed by atoms with Crippen LogP contribution in [-0.4, -0.2) is 9.13 Å². The van der Waals surface area contributed by atoms with Crippen molar-refractivity contribution in [2.24, 2.45) is 11.8 Å². The van der Waals surface area contributed by atoms with Crippen LogP contribution in [-0.2, 0) is 13.1 Å². The van der Waals surface area contributed by atoms with Crippen LogP contribution >= 0.6 is 31.9 Å². The number of nitrogens with zero attached hydrogens (tertiary/aromatic N) is 2. The molecule has 0 unspecified atom stereocenters. The number of hydrogen-bond acceptors (Lipinski definition) is 0. The molecule has 3 aromatic carbocycles. The lowest BCUT2D eigenvalue weighted by molar-refractivity contribution is 0.365. The minimum Gasteiger partial charge on any atom is -0.340 e. The second-order valence-corrected chi connectivity index (χ2v) is 18.8. The zero-order valence-electron chi connectivity index (χ0n) is 34.8. The smallest absolute Gasteiger partial charge is 0.0502 e. The summed E-state index contributed by atoms with van der Waals surface area (Å²) < 4.78 is 7.82. The summed E-state index contributed by atoms with van der Waals surface area (Å²) in [5.41, 5.74) is 5.62. The number of hydrogen-bond donors (Lipinski definition) is 0. The van der Waals surface area contributed by atoms with Gasteiger partial charge in [0.15, 0.2) is 0 Å². The third-order valence-corrected chi connectivity index (χ3v) is 13.5. The molecule has 0 fully saturated rings. The summed E-state index contributed by atoms with van der Waals surface area (Å²) in [5.74, 6) is 1.43. The largest absolute Gasteiger partial charge is 0.340 e. The molecule has 4 heteroatoms. The summed E-state index contributed by atoms with van der Waals surface area (Å²) in [6.45, 7) is 11.6. The number of aromatic nitrogens is 2. The molecule has 0 aliphatic carbocycles. The molecule has 0 spiro atoms. The number of unbranched alkanes of at least 4 members (excludes halogenated alkanes) is 16. The molecule has 0 bridgehead atoms. The van der Waals surface area contributed by atoms with E-state index in [1.54, 1.807) is 0 Å². The first kappa shape index (κ1) is 43.3. The predicted molar refractivity (Wildman–Crippen MR) is 248 cm³/mol. The lowest BCUT2D eigenvalue weighted by Crippen LogP contribution is -2.12. The van der Waals surface area contributed by atoms with Crippen molar-refractivity contribution in [3.05, 3.63) is 57.5 Å². The van der Waals surface area contributed by atoms with E-state index < -0.39 is 0 Å². The van der Waals surface area contributed by atoms with E-state index in [2.05, 4.69) is 117 Å². The molecule has 2 nitrogen and oxygen atoms in total. The van der Waals surface area contributed by atoms with Gasteiger partial charge in [0.2, 0.25) is 0 Å². The highest BCUT2D eigenvalue weighted by Crippen LogP contribution is 2.40. The Morgan fingerprint density at radius 3 is 1.02 bits per heavy atom. The van der Waals surface area contributed by atoms with Gasteiger partial charge < -0.3 is 9.13 Å². The lowest BCUT2D eigenvalue weighted by atomic mass is 9.94. The summed E-state index contributed by atoms with van der Waals surface area (Å²) in [6, 6.07) is 19.3. The molecule has 2 heterocycles. The summed E-state index contributed by atoms with van der Waals surface area (Å²) in [7, 11) is 0. The highest BCUT2D eigenvalue weighted by Gasteiger charge is 2.21. The van der Waals surface area contributed by atoms with Crippen molar-refractivity contribution in [1.29, 1.82) is 0 Å². The first-order valence-corrected chi connectivity index (χ1v) is 24.4. The second-order valence-electron chi connectivity index (χ2n) is 17.0. The molecular formula is C50H74Br2N2. The van der Waals surface area contributed by atoms with Crippen molar-refractivity contribution in [2.45, 2.75) is 195 Å². The maximum atomic E-state index is 3.88. The fraction of sp³-hybridized carbons (Fsp3) is 0.640. The Labute approximate surface area is 346 Å². The average Bonchev–Trinajstić information content (AvgIpc) is 3.62. The molecule has 0 aliphatic rings. The molecule has 298 valence electrons. The molecule has 0 amide bonds. The minimum atomic E-state index is 0.717. The predicted octanol–water partition coefficient (Wildman–Crippen LogP) is 18.1. The molecule has 0 radical (unpaired) electrons. The van der Waals surface area contributed by atoms with Crippen molar-refractivity contribution in [3.63, 3.8) is 0 Å². The van der Waals surface area contributed by atoms with E-state index in [9.17, 15) is 0 Å². The van der Waals surface area contributed by atoms with Gasteiger partial charge in [-0.1, -0.05) is 200 Å². The van der Waals surface area contributed by atoms with Gasteiger partial charge in [-0.15, -0.1) is 0 Å². The molecule has 2 atom stereocenters. The van der Waals surface area contributed by atoms with E-state index in [-0.39, 0.29) is 0 Å². The standard InChI is InChI=1S/C50H74Br2N2/c1-5-9-13-17-19-23-27-39(25-21-15-11-7-3)37-53-47-33-41(51)29-31-43(47)45-36-50-46(35-49(45)53)44-32-30-42(52)34-48(44)54(50)38-40(26-22-16-12-8-4)28-24-20-18-14-10-6-2/h29-36,39-40H,5-28,37-38H2,1-4H3/t39-,40-/m0/s1. The monoisotopic (exact) mass is 860 g/mol. The molecule has 0 saturated carbocycles. The molecular weight excluding hydrogens is 788 g/mol. The van der Waals surface area contributed by atoms with Crippen LogP contribution in [0.4, 0.5) is 0 Å². The van der Waals surface area contributed by atoms with Gasteiger partial charge >= 0.3 is 0 Å². The number of fused-ring (bicyclic) bond motifs is 6. The molecule has 5 aromatic rings. The van der Waals surface area contributed by atoms with Crippen molar-refractivity contribution in [1.82, 2.24) is 9.13 Å². The lowest BCUT2D eigenvalue weighted by Gasteiger charge is -2.20. The van der Waals surface area contributed by atoms with Crippen molar-refractivity contribution >= 4 is 75.5 Å². The van der Waals surface area contributed by atoms with Gasteiger partial charge in [-0.25, -0.2) is 0 Å². The Morgan fingerprint density at radius 1 is 0.370 bits per heavy atom. The van der Waals surface area contributed by atoms with Crippen LogP contribution < -0.4 is 0 Å². The van der Waals surface area contributed by atoms with Crippen molar-refractivity contribution in [3.8, 4) is 0 Å². The van der Waals surface area contributed by atoms with Crippen LogP contribution in [0.1, 0.15) is 182 Å². The fourth-order valence-electron chi connectivity index (χ4n) is 9.34. The Hall–Kier alpha value is -1.78. The molecule has 0 N–H and O–H groups in total. The van der Waals surface area contributed by atoms with Gasteiger partial charge in [-0.05, 0) is 73.9 Å². The zero-order chi connectivity index (χ0) is 38.1. The quantitative estimate of drug-likeness (QED) is 0.0444. The normalized spacial score (nSPS) is 13.3. The van der Waals surface area contributed by atoms with Gasteiger partial charge in [0, 0.05) is 54.6 Å². The summed E-state index contributed by atoms with van der Waals surface area (Å²) in [4.78, 5) is 0. The van der Waals surface area contributed by atoms with E-state index in [0.29, 0.717) is 11.8 Å². The second kappa shape index (κ2) is 23.5. The van der Waals surface area contributed by atoms with E-state index in [0.717, 1.165) is 13.1 Å². The van der Waals surface area contributed by atoms with Gasteiger partial charge in [0.1, 0.15) is 0 Å². The van der Waals surface area contributed by atoms with E-state index in [4.69, 9.17) is 0 Å². The molecule has 0 aliphatic heterocycles. The average molecular weight is 863 g/mol.